The largest absolute Gasteiger partial charge is 0.427 e. The van der Waals surface area contributed by atoms with Gasteiger partial charge in [-0.05, 0) is 91.3 Å². The molecule has 3 aromatic carbocycles. The van der Waals surface area contributed by atoms with Crippen LogP contribution in [0.2, 0.25) is 0 Å². The molecule has 0 unspecified atom stereocenters. The molecule has 0 N–H and O–H groups in total. The van der Waals surface area contributed by atoms with Crippen LogP contribution >= 0.6 is 0 Å². The lowest BCUT2D eigenvalue weighted by molar-refractivity contribution is -0.187. The highest BCUT2D eigenvalue weighted by Gasteiger charge is 2.39. The molecule has 1 nitrogen and oxygen atoms in total. The monoisotopic (exact) mass is 584 g/mol. The van der Waals surface area contributed by atoms with Gasteiger partial charge in [0.15, 0.2) is 29.0 Å². The highest BCUT2D eigenvalue weighted by atomic mass is 19.3. The number of hydrogen-bond donors (Lipinski definition) is 0. The second-order valence-electron chi connectivity index (χ2n) is 11.6. The Morgan fingerprint density at radius 3 is 1.88 bits per heavy atom. The predicted octanol–water partition coefficient (Wildman–Crippen LogP) is 10.7. The fourth-order valence-corrected chi connectivity index (χ4v) is 6.94. The summed E-state index contributed by atoms with van der Waals surface area (Å²) < 4.78 is 119. The Kier molecular flexibility index (Phi) is 8.53. The molecule has 0 saturated heterocycles. The first-order chi connectivity index (χ1) is 19.5. The predicted molar refractivity (Wildman–Crippen MR) is 140 cm³/mol. The van der Waals surface area contributed by atoms with E-state index in [1.807, 2.05) is 0 Å². The zero-order valence-electron chi connectivity index (χ0n) is 22.7. The molecule has 2 saturated carbocycles. The molecule has 0 heterocycles. The third-order valence-electron chi connectivity index (χ3n) is 9.14. The van der Waals surface area contributed by atoms with Crippen molar-refractivity contribution in [2.24, 2.45) is 17.8 Å². The number of halogens is 8. The molecule has 0 amide bonds. The Morgan fingerprint density at radius 1 is 0.707 bits per heavy atom. The zero-order chi connectivity index (χ0) is 29.5. The number of benzene rings is 3. The van der Waals surface area contributed by atoms with Crippen molar-refractivity contribution in [1.29, 1.82) is 0 Å². The molecule has 0 aliphatic heterocycles. The van der Waals surface area contributed by atoms with Crippen molar-refractivity contribution < 1.29 is 39.9 Å². The lowest BCUT2D eigenvalue weighted by atomic mass is 9.68. The molecule has 3 aromatic rings. The molecule has 0 atom stereocenters. The summed E-state index contributed by atoms with van der Waals surface area (Å²) in [5.41, 5.74) is -1.18. The summed E-state index contributed by atoms with van der Waals surface area (Å²) in [6, 6.07) is 3.47. The maximum absolute atomic E-state index is 15.6. The van der Waals surface area contributed by atoms with Crippen molar-refractivity contribution in [3.63, 3.8) is 0 Å². The van der Waals surface area contributed by atoms with E-state index in [0.29, 0.717) is 17.9 Å². The molecule has 41 heavy (non-hydrogen) atoms. The molecule has 2 aliphatic carbocycles. The summed E-state index contributed by atoms with van der Waals surface area (Å²) >= 11 is 0. The molecular formula is C32H32F8O. The Morgan fingerprint density at radius 2 is 1.29 bits per heavy atom. The lowest BCUT2D eigenvalue weighted by Crippen LogP contribution is -2.25. The van der Waals surface area contributed by atoms with E-state index in [9.17, 15) is 26.3 Å². The van der Waals surface area contributed by atoms with E-state index < -0.39 is 57.7 Å². The van der Waals surface area contributed by atoms with Gasteiger partial charge in [-0.3, -0.25) is 0 Å². The molecule has 9 heteroatoms. The standard InChI is InChI=1S/C32H32F8O/c1-2-3-17-4-6-18(7-5-17)19-8-10-20(11-9-19)23-13-12-21-14-26(30(37)31(38)27(21)28(23)35)41-32(39,40)22-15-24(33)29(36)25(34)16-22/h12-20H,2-11H2,1H3. The highest BCUT2D eigenvalue weighted by molar-refractivity contribution is 5.86. The minimum absolute atomic E-state index is 0.00810. The SMILES string of the molecule is CCCC1CCC(C2CCC(c3ccc4cc(OC(F)(F)c5cc(F)c(F)c(F)c5)c(F)c(F)c4c3F)CC2)CC1. The summed E-state index contributed by atoms with van der Waals surface area (Å²) in [5.74, 6) is -9.68. The van der Waals surface area contributed by atoms with Crippen LogP contribution in [0.25, 0.3) is 10.8 Å². The van der Waals surface area contributed by atoms with Gasteiger partial charge in [-0.15, -0.1) is 0 Å². The molecule has 0 aromatic heterocycles. The maximum Gasteiger partial charge on any atom is 0.427 e. The fourth-order valence-electron chi connectivity index (χ4n) is 6.94. The summed E-state index contributed by atoms with van der Waals surface area (Å²) in [4.78, 5) is 0. The van der Waals surface area contributed by atoms with Crippen LogP contribution < -0.4 is 4.74 Å². The quantitative estimate of drug-likeness (QED) is 0.198. The van der Waals surface area contributed by atoms with Crippen LogP contribution in [0.5, 0.6) is 5.75 Å². The molecule has 222 valence electrons. The second-order valence-corrected chi connectivity index (χ2v) is 11.6. The maximum atomic E-state index is 15.6. The molecule has 0 radical (unpaired) electrons. The van der Waals surface area contributed by atoms with E-state index in [0.717, 1.165) is 31.6 Å². The first kappa shape index (κ1) is 29.6. The molecule has 0 spiro atoms. The first-order valence-electron chi connectivity index (χ1n) is 14.3. The van der Waals surface area contributed by atoms with Gasteiger partial charge in [-0.25, -0.2) is 22.0 Å². The third kappa shape index (κ3) is 5.91. The number of alkyl halides is 2. The normalized spacial score (nSPS) is 23.6. The first-order valence-corrected chi connectivity index (χ1v) is 14.3. The zero-order valence-corrected chi connectivity index (χ0v) is 22.7. The van der Waals surface area contributed by atoms with Crippen LogP contribution in [0.1, 0.15) is 88.2 Å². The Labute approximate surface area is 233 Å². The average molecular weight is 585 g/mol. The summed E-state index contributed by atoms with van der Waals surface area (Å²) in [5, 5.41) is -0.893. The molecular weight excluding hydrogens is 552 g/mol. The minimum atomic E-state index is -4.55. The minimum Gasteiger partial charge on any atom is -0.426 e. The fraction of sp³-hybridized carbons (Fsp3) is 0.500. The highest BCUT2D eigenvalue weighted by Crippen LogP contribution is 2.46. The van der Waals surface area contributed by atoms with Gasteiger partial charge in [0.2, 0.25) is 5.82 Å². The van der Waals surface area contributed by atoms with Crippen molar-refractivity contribution in [2.45, 2.75) is 83.2 Å². The van der Waals surface area contributed by atoms with E-state index in [1.165, 1.54) is 50.7 Å². The van der Waals surface area contributed by atoms with Crippen LogP contribution in [0.4, 0.5) is 35.1 Å². The van der Waals surface area contributed by atoms with Crippen LogP contribution in [-0.2, 0) is 6.11 Å². The van der Waals surface area contributed by atoms with Gasteiger partial charge in [0, 0.05) is 0 Å². The molecule has 0 bridgehead atoms. The summed E-state index contributed by atoms with van der Waals surface area (Å²) in [6.07, 6.45) is 6.24. The second kappa shape index (κ2) is 11.8. The third-order valence-corrected chi connectivity index (χ3v) is 9.14. The van der Waals surface area contributed by atoms with Crippen LogP contribution in [0, 0.1) is 52.7 Å². The topological polar surface area (TPSA) is 9.23 Å². The van der Waals surface area contributed by atoms with E-state index in [2.05, 4.69) is 11.7 Å². The van der Waals surface area contributed by atoms with Gasteiger partial charge < -0.3 is 4.74 Å². The summed E-state index contributed by atoms with van der Waals surface area (Å²) in [7, 11) is 0. The van der Waals surface area contributed by atoms with Crippen molar-refractivity contribution >= 4 is 10.8 Å². The molecule has 2 fully saturated rings. The molecule has 5 rings (SSSR count). The Balaban J connectivity index is 1.33. The van der Waals surface area contributed by atoms with Gasteiger partial charge in [0.25, 0.3) is 0 Å². The van der Waals surface area contributed by atoms with Crippen molar-refractivity contribution in [2.75, 3.05) is 0 Å². The summed E-state index contributed by atoms with van der Waals surface area (Å²) in [6.45, 7) is 2.22. The van der Waals surface area contributed by atoms with Crippen molar-refractivity contribution in [3.8, 4) is 5.75 Å². The lowest BCUT2D eigenvalue weighted by Gasteiger charge is -2.38. The van der Waals surface area contributed by atoms with Crippen LogP contribution in [0.15, 0.2) is 30.3 Å². The number of rotatable bonds is 7. The van der Waals surface area contributed by atoms with Crippen molar-refractivity contribution in [1.82, 2.24) is 0 Å². The number of hydrogen-bond acceptors (Lipinski definition) is 1. The van der Waals surface area contributed by atoms with E-state index >= 15 is 8.78 Å². The van der Waals surface area contributed by atoms with Gasteiger partial charge in [0.1, 0.15) is 5.82 Å². The number of fused-ring (bicyclic) bond motifs is 1. The van der Waals surface area contributed by atoms with E-state index in [1.54, 1.807) is 0 Å². The van der Waals surface area contributed by atoms with Gasteiger partial charge in [0.05, 0.1) is 10.9 Å². The average Bonchev–Trinajstić information content (AvgIpc) is 2.95. The Hall–Kier alpha value is -2.84. The van der Waals surface area contributed by atoms with Gasteiger partial charge in [-0.1, -0.05) is 44.7 Å². The smallest absolute Gasteiger partial charge is 0.426 e. The Bertz CT molecular complexity index is 1380. The van der Waals surface area contributed by atoms with E-state index in [-0.39, 0.29) is 29.0 Å². The van der Waals surface area contributed by atoms with Crippen molar-refractivity contribution in [3.05, 3.63) is 76.4 Å². The van der Waals surface area contributed by atoms with Gasteiger partial charge >= 0.3 is 6.11 Å². The molecule has 2 aliphatic rings. The van der Waals surface area contributed by atoms with Crippen LogP contribution in [-0.4, -0.2) is 0 Å². The van der Waals surface area contributed by atoms with Gasteiger partial charge in [-0.2, -0.15) is 13.2 Å². The number of ether oxygens (including phenoxy) is 1. The van der Waals surface area contributed by atoms with E-state index in [4.69, 9.17) is 0 Å². The van der Waals surface area contributed by atoms with Crippen LogP contribution in [0.3, 0.4) is 0 Å².